The molecule has 0 atom stereocenters. The normalized spacial score (nSPS) is 18.4. The second-order valence-electron chi connectivity index (χ2n) is 11.5. The van der Waals surface area contributed by atoms with Crippen molar-refractivity contribution < 1.29 is 27.4 Å². The number of allylic oxidation sites excluding steroid dienone is 8. The fraction of sp³-hybridized carbons (Fsp3) is 0.375. The van der Waals surface area contributed by atoms with Gasteiger partial charge in [0.2, 0.25) is 0 Å². The van der Waals surface area contributed by atoms with E-state index >= 15 is 0 Å². The molecular formula is C32H38N4O5S. The maximum atomic E-state index is 11.2. The standard InChI is InChI=1S/C32H38N4O5S/c1-31(2)25-15-11-20-35(21-12-18-28(37)38)30(25)34-26(31)16-8-6-5-7-9-17-27-32(3,4)24-14-10-19-33-29(24)36(27)22-13-23-42(39,40)41/h5-11,14-17,19-20H,12-13,18,21-23H2,1-4H3,(H-,37,38,39,40,41). The molecule has 2 aliphatic rings. The summed E-state index contributed by atoms with van der Waals surface area (Å²) in [5, 5.41) is 8.97. The predicted octanol–water partition coefficient (Wildman–Crippen LogP) is 4.88. The molecule has 0 radical (unpaired) electrons. The highest BCUT2D eigenvalue weighted by Gasteiger charge is 2.42. The lowest BCUT2D eigenvalue weighted by Gasteiger charge is -2.26. The first-order chi connectivity index (χ1) is 19.8. The summed E-state index contributed by atoms with van der Waals surface area (Å²) in [5.41, 5.74) is 3.47. The van der Waals surface area contributed by atoms with Gasteiger partial charge in [-0.1, -0.05) is 50.3 Å². The average Bonchev–Trinajstić information content (AvgIpc) is 3.29. The van der Waals surface area contributed by atoms with Gasteiger partial charge in [0.25, 0.3) is 0 Å². The van der Waals surface area contributed by atoms with Crippen LogP contribution in [0.25, 0.3) is 0 Å². The van der Waals surface area contributed by atoms with E-state index in [1.54, 1.807) is 6.20 Å². The smallest absolute Gasteiger partial charge is 0.327 e. The van der Waals surface area contributed by atoms with E-state index in [-0.39, 0.29) is 23.7 Å². The Balaban J connectivity index is 1.46. The van der Waals surface area contributed by atoms with Gasteiger partial charge in [0.1, 0.15) is 5.82 Å². The molecule has 0 saturated carbocycles. The van der Waals surface area contributed by atoms with Gasteiger partial charge in [0, 0.05) is 41.6 Å². The van der Waals surface area contributed by atoms with Crippen LogP contribution < -0.4 is 9.47 Å². The first-order valence-corrected chi connectivity index (χ1v) is 15.6. The summed E-state index contributed by atoms with van der Waals surface area (Å²) in [6.07, 6.45) is 18.2. The Bertz CT molecular complexity index is 1600. The Kier molecular flexibility index (Phi) is 9.27. The van der Waals surface area contributed by atoms with Gasteiger partial charge in [0.15, 0.2) is 5.71 Å². The van der Waals surface area contributed by atoms with Gasteiger partial charge < -0.3 is 14.6 Å². The molecule has 10 heteroatoms. The van der Waals surface area contributed by atoms with Crippen molar-refractivity contribution in [2.24, 2.45) is 4.99 Å². The molecule has 2 aliphatic heterocycles. The quantitative estimate of drug-likeness (QED) is 0.212. The second-order valence-corrected chi connectivity index (χ2v) is 13.0. The minimum atomic E-state index is -4.28. The molecule has 0 aromatic carbocycles. The highest BCUT2D eigenvalue weighted by molar-refractivity contribution is 7.85. The number of rotatable bonds is 12. The molecule has 1 N–H and O–H groups in total. The van der Waals surface area contributed by atoms with Gasteiger partial charge in [-0.2, -0.15) is 0 Å². The third-order valence-electron chi connectivity index (χ3n) is 7.75. The van der Waals surface area contributed by atoms with E-state index in [0.29, 0.717) is 19.5 Å². The highest BCUT2D eigenvalue weighted by Crippen LogP contribution is 2.46. The summed E-state index contributed by atoms with van der Waals surface area (Å²) < 4.78 is 35.5. The minimum absolute atomic E-state index is 0.122. The molecule has 222 valence electrons. The molecule has 0 saturated heterocycles. The fourth-order valence-corrected chi connectivity index (χ4v) is 5.96. The van der Waals surface area contributed by atoms with Crippen molar-refractivity contribution in [2.75, 3.05) is 17.2 Å². The van der Waals surface area contributed by atoms with Crippen LogP contribution in [-0.2, 0) is 32.3 Å². The van der Waals surface area contributed by atoms with Crippen molar-refractivity contribution >= 4 is 33.4 Å². The van der Waals surface area contributed by atoms with Crippen LogP contribution in [0.1, 0.15) is 58.1 Å². The summed E-state index contributed by atoms with van der Waals surface area (Å²) in [4.78, 5) is 22.3. The molecule has 2 aromatic heterocycles. The van der Waals surface area contributed by atoms with E-state index in [1.807, 2.05) is 76.4 Å². The molecular weight excluding hydrogens is 552 g/mol. The molecule has 0 bridgehead atoms. The second kappa shape index (κ2) is 12.5. The number of fused-ring (bicyclic) bond motifs is 2. The Labute approximate surface area is 248 Å². The summed E-state index contributed by atoms with van der Waals surface area (Å²) in [7, 11) is -4.28. The zero-order chi connectivity index (χ0) is 30.5. The van der Waals surface area contributed by atoms with E-state index in [0.717, 1.165) is 34.2 Å². The summed E-state index contributed by atoms with van der Waals surface area (Å²) in [5.74, 6) is 0.443. The first kappa shape index (κ1) is 31.1. The van der Waals surface area contributed by atoms with E-state index in [2.05, 4.69) is 38.7 Å². The van der Waals surface area contributed by atoms with Crippen molar-refractivity contribution in [1.82, 2.24) is 4.98 Å². The number of aromatic nitrogens is 2. The Morgan fingerprint density at radius 3 is 2.48 bits per heavy atom. The minimum Gasteiger partial charge on any atom is -0.748 e. The lowest BCUT2D eigenvalue weighted by molar-refractivity contribution is -0.684. The SMILES string of the molecule is CC1(C)C(/C=C/C=C/C=C/C=C2/N(CCCS(=O)(=O)[O-])c3ncccc3C2(C)C)=Nc2c1ccc[n+]2CCCC(=O)O. The van der Waals surface area contributed by atoms with Gasteiger partial charge in [-0.15, -0.1) is 0 Å². The van der Waals surface area contributed by atoms with Crippen LogP contribution in [0, 0.1) is 0 Å². The number of carboxylic acids is 1. The molecule has 0 aliphatic carbocycles. The van der Waals surface area contributed by atoms with Crippen LogP contribution in [0.5, 0.6) is 0 Å². The lowest BCUT2D eigenvalue weighted by atomic mass is 9.82. The number of hydrogen-bond donors (Lipinski definition) is 1. The number of nitrogens with zero attached hydrogens (tertiary/aromatic N) is 4. The molecule has 42 heavy (non-hydrogen) atoms. The van der Waals surface area contributed by atoms with Crippen LogP contribution in [0.2, 0.25) is 0 Å². The van der Waals surface area contributed by atoms with Crippen LogP contribution in [0.3, 0.4) is 0 Å². The van der Waals surface area contributed by atoms with Gasteiger partial charge in [-0.05, 0) is 62.0 Å². The van der Waals surface area contributed by atoms with E-state index in [1.165, 1.54) is 0 Å². The van der Waals surface area contributed by atoms with Crippen LogP contribution in [0.15, 0.2) is 89.9 Å². The molecule has 4 heterocycles. The molecule has 0 amide bonds. The number of pyridine rings is 2. The van der Waals surface area contributed by atoms with Crippen LogP contribution in [0.4, 0.5) is 11.6 Å². The zero-order valence-electron chi connectivity index (χ0n) is 24.5. The fourth-order valence-electron chi connectivity index (χ4n) is 5.47. The Morgan fingerprint density at radius 1 is 1.02 bits per heavy atom. The average molecular weight is 591 g/mol. The number of aliphatic imine (C=N–C) groups is 1. The summed E-state index contributed by atoms with van der Waals surface area (Å²) >= 11 is 0. The molecule has 4 rings (SSSR count). The number of carbonyl (C=O) groups is 1. The van der Waals surface area contributed by atoms with Gasteiger partial charge in [-0.25, -0.2) is 18.0 Å². The van der Waals surface area contributed by atoms with Crippen molar-refractivity contribution in [3.63, 3.8) is 0 Å². The van der Waals surface area contributed by atoms with Gasteiger partial charge >= 0.3 is 11.8 Å². The molecule has 0 fully saturated rings. The topological polar surface area (TPSA) is 127 Å². The van der Waals surface area contributed by atoms with Gasteiger partial charge in [-0.3, -0.25) is 4.79 Å². The predicted molar refractivity (Wildman–Crippen MR) is 163 cm³/mol. The maximum absolute atomic E-state index is 11.2. The monoisotopic (exact) mass is 590 g/mol. The Morgan fingerprint density at radius 2 is 1.74 bits per heavy atom. The van der Waals surface area contributed by atoms with Crippen molar-refractivity contribution in [3.8, 4) is 0 Å². The largest absolute Gasteiger partial charge is 0.748 e. The maximum Gasteiger partial charge on any atom is 0.327 e. The highest BCUT2D eigenvalue weighted by atomic mass is 32.2. The molecule has 0 unspecified atom stereocenters. The zero-order valence-corrected chi connectivity index (χ0v) is 25.3. The number of aliphatic carboxylic acids is 1. The number of anilines is 1. The summed E-state index contributed by atoms with van der Waals surface area (Å²) in [6, 6.07) is 7.97. The van der Waals surface area contributed by atoms with Crippen molar-refractivity contribution in [2.45, 2.75) is 64.3 Å². The van der Waals surface area contributed by atoms with E-state index in [9.17, 15) is 17.8 Å². The number of hydrogen-bond acceptors (Lipinski definition) is 7. The molecule has 0 spiro atoms. The van der Waals surface area contributed by atoms with E-state index < -0.39 is 21.8 Å². The van der Waals surface area contributed by atoms with Crippen LogP contribution in [-0.4, -0.2) is 47.0 Å². The third-order valence-corrected chi connectivity index (χ3v) is 8.54. The Hall–Kier alpha value is -3.89. The van der Waals surface area contributed by atoms with Crippen molar-refractivity contribution in [3.05, 3.63) is 96.0 Å². The van der Waals surface area contributed by atoms with Crippen molar-refractivity contribution in [1.29, 1.82) is 0 Å². The van der Waals surface area contributed by atoms with Gasteiger partial charge in [0.05, 0.1) is 33.8 Å². The van der Waals surface area contributed by atoms with Crippen LogP contribution >= 0.6 is 0 Å². The number of carboxylic acid groups (broad SMARTS) is 1. The summed E-state index contributed by atoms with van der Waals surface area (Å²) in [6.45, 7) is 9.45. The lowest BCUT2D eigenvalue weighted by Crippen LogP contribution is -2.35. The number of aryl methyl sites for hydroxylation is 1. The first-order valence-electron chi connectivity index (χ1n) is 14.0. The van der Waals surface area contributed by atoms with E-state index in [4.69, 9.17) is 10.1 Å². The molecule has 2 aromatic rings. The third kappa shape index (κ3) is 6.94. The molecule has 9 nitrogen and oxygen atoms in total.